The number of carbonyl (C=O) groups is 1. The summed E-state index contributed by atoms with van der Waals surface area (Å²) >= 11 is 4.97. The fourth-order valence-corrected chi connectivity index (χ4v) is 3.60. The predicted molar refractivity (Wildman–Crippen MR) is 89.1 cm³/mol. The second-order valence-electron chi connectivity index (χ2n) is 4.69. The second kappa shape index (κ2) is 5.61. The smallest absolute Gasteiger partial charge is 0.262 e. The van der Waals surface area contributed by atoms with Crippen molar-refractivity contribution in [2.24, 2.45) is 0 Å². The molecule has 0 saturated carbocycles. The Morgan fingerprint density at radius 1 is 1.29 bits per heavy atom. The highest BCUT2D eigenvalue weighted by atomic mass is 79.9. The summed E-state index contributed by atoms with van der Waals surface area (Å²) in [6.07, 6.45) is 0. The first kappa shape index (κ1) is 14.3. The molecule has 1 amide bonds. The monoisotopic (exact) mass is 364 g/mol. The molecule has 108 valence electrons. The largest absolute Gasteiger partial charge is 0.507 e. The number of hydrogen-bond acceptors (Lipinski definition) is 4. The maximum atomic E-state index is 12.7. The lowest BCUT2D eigenvalue weighted by atomic mass is 10.1. The van der Waals surface area contributed by atoms with Gasteiger partial charge in [0.2, 0.25) is 0 Å². The molecule has 1 aliphatic heterocycles. The van der Waals surface area contributed by atoms with Crippen molar-refractivity contribution in [3.8, 4) is 5.75 Å². The van der Waals surface area contributed by atoms with Crippen molar-refractivity contribution in [2.75, 3.05) is 22.9 Å². The molecular weight excluding hydrogens is 352 g/mol. The number of nitrogen functional groups attached to an aromatic ring is 1. The lowest BCUT2D eigenvalue weighted by Gasteiger charge is -2.29. The number of thioether (sulfide) groups is 1. The van der Waals surface area contributed by atoms with Crippen LogP contribution in [0.1, 0.15) is 10.4 Å². The van der Waals surface area contributed by atoms with Crippen LogP contribution in [0.2, 0.25) is 0 Å². The first-order valence-electron chi connectivity index (χ1n) is 6.39. The average molecular weight is 365 g/mol. The van der Waals surface area contributed by atoms with E-state index in [0.29, 0.717) is 17.8 Å². The zero-order chi connectivity index (χ0) is 15.0. The average Bonchev–Trinajstić information content (AvgIpc) is 2.46. The fourth-order valence-electron chi connectivity index (χ4n) is 2.28. The summed E-state index contributed by atoms with van der Waals surface area (Å²) in [5.41, 5.74) is 7.54. The van der Waals surface area contributed by atoms with E-state index in [2.05, 4.69) is 15.9 Å². The number of rotatable bonds is 1. The van der Waals surface area contributed by atoms with Gasteiger partial charge in [0.1, 0.15) is 5.75 Å². The van der Waals surface area contributed by atoms with Gasteiger partial charge in [-0.05, 0) is 36.4 Å². The Morgan fingerprint density at radius 2 is 2.10 bits per heavy atom. The van der Waals surface area contributed by atoms with Crippen LogP contribution >= 0.6 is 27.7 Å². The minimum atomic E-state index is -0.216. The minimum absolute atomic E-state index is 0.0296. The Kier molecular flexibility index (Phi) is 3.82. The van der Waals surface area contributed by atoms with Crippen LogP contribution in [0.3, 0.4) is 0 Å². The Morgan fingerprint density at radius 3 is 2.86 bits per heavy atom. The zero-order valence-corrected chi connectivity index (χ0v) is 13.4. The number of fused-ring (bicyclic) bond motifs is 1. The Bertz CT molecular complexity index is 721. The van der Waals surface area contributed by atoms with Crippen molar-refractivity contribution in [3.05, 3.63) is 46.4 Å². The van der Waals surface area contributed by atoms with Gasteiger partial charge in [-0.25, -0.2) is 0 Å². The van der Waals surface area contributed by atoms with Gasteiger partial charge in [-0.1, -0.05) is 15.9 Å². The lowest BCUT2D eigenvalue weighted by Crippen LogP contribution is -2.35. The van der Waals surface area contributed by atoms with Crippen LogP contribution in [0, 0.1) is 0 Å². The lowest BCUT2D eigenvalue weighted by molar-refractivity contribution is 0.0985. The summed E-state index contributed by atoms with van der Waals surface area (Å²) in [6, 6.07) is 10.4. The molecule has 2 aromatic carbocycles. The first-order valence-corrected chi connectivity index (χ1v) is 8.17. The number of phenols is 1. The molecule has 0 bridgehead atoms. The summed E-state index contributed by atoms with van der Waals surface area (Å²) in [6.45, 7) is 0.593. The van der Waals surface area contributed by atoms with Crippen LogP contribution in [0.5, 0.6) is 5.75 Å². The van der Waals surface area contributed by atoms with Crippen molar-refractivity contribution in [1.82, 2.24) is 0 Å². The normalized spacial score (nSPS) is 13.9. The van der Waals surface area contributed by atoms with E-state index < -0.39 is 0 Å². The molecule has 0 aliphatic carbocycles. The van der Waals surface area contributed by atoms with Crippen LogP contribution in [0.25, 0.3) is 0 Å². The van der Waals surface area contributed by atoms with Crippen LogP contribution in [0.15, 0.2) is 45.8 Å². The van der Waals surface area contributed by atoms with Crippen LogP contribution in [0.4, 0.5) is 11.4 Å². The number of halogens is 1. The number of nitrogens with zero attached hydrogens (tertiary/aromatic N) is 1. The van der Waals surface area contributed by atoms with Gasteiger partial charge in [0.25, 0.3) is 5.91 Å². The van der Waals surface area contributed by atoms with Crippen LogP contribution < -0.4 is 10.6 Å². The quantitative estimate of drug-likeness (QED) is 0.760. The molecule has 6 heteroatoms. The molecule has 0 radical (unpaired) electrons. The molecular formula is C15H13BrN2O2S. The topological polar surface area (TPSA) is 66.6 Å². The SMILES string of the molecule is Nc1ccc2c(c1)N(C(=O)c1ccc(Br)cc1O)CCS2. The van der Waals surface area contributed by atoms with Gasteiger partial charge >= 0.3 is 0 Å². The number of carbonyl (C=O) groups excluding carboxylic acids is 1. The fraction of sp³-hybridized carbons (Fsp3) is 0.133. The highest BCUT2D eigenvalue weighted by molar-refractivity contribution is 9.10. The van der Waals surface area contributed by atoms with Crippen molar-refractivity contribution >= 4 is 45.0 Å². The van der Waals surface area contributed by atoms with E-state index in [1.165, 1.54) is 6.07 Å². The molecule has 3 rings (SSSR count). The molecule has 1 aliphatic rings. The molecule has 0 spiro atoms. The Hall–Kier alpha value is -1.66. The molecule has 0 fully saturated rings. The summed E-state index contributed by atoms with van der Waals surface area (Å²) in [5.74, 6) is 0.574. The van der Waals surface area contributed by atoms with Gasteiger partial charge < -0.3 is 15.7 Å². The van der Waals surface area contributed by atoms with Crippen LogP contribution in [-0.4, -0.2) is 23.3 Å². The highest BCUT2D eigenvalue weighted by Gasteiger charge is 2.25. The zero-order valence-electron chi connectivity index (χ0n) is 11.0. The van der Waals surface area contributed by atoms with E-state index >= 15 is 0 Å². The maximum absolute atomic E-state index is 12.7. The van der Waals surface area contributed by atoms with Gasteiger partial charge in [0.05, 0.1) is 11.3 Å². The molecule has 21 heavy (non-hydrogen) atoms. The molecule has 0 saturated heterocycles. The minimum Gasteiger partial charge on any atom is -0.507 e. The molecule has 4 nitrogen and oxygen atoms in total. The van der Waals surface area contributed by atoms with E-state index in [1.54, 1.807) is 34.9 Å². The van der Waals surface area contributed by atoms with Gasteiger partial charge in [0, 0.05) is 27.4 Å². The molecule has 0 unspecified atom stereocenters. The van der Waals surface area contributed by atoms with E-state index in [9.17, 15) is 9.90 Å². The number of aromatic hydroxyl groups is 1. The summed E-state index contributed by atoms with van der Waals surface area (Å²) < 4.78 is 0.732. The highest BCUT2D eigenvalue weighted by Crippen LogP contribution is 2.37. The standard InChI is InChI=1S/C15H13BrN2O2S/c16-9-1-3-11(13(19)7-9)15(20)18-5-6-21-14-4-2-10(17)8-12(14)18/h1-4,7-8,19H,5-6,17H2. The number of hydrogen-bond donors (Lipinski definition) is 2. The number of nitrogens with two attached hydrogens (primary N) is 1. The third-order valence-electron chi connectivity index (χ3n) is 3.28. The van der Waals surface area contributed by atoms with Gasteiger partial charge in [-0.3, -0.25) is 4.79 Å². The summed E-state index contributed by atoms with van der Waals surface area (Å²) in [7, 11) is 0. The molecule has 0 aromatic heterocycles. The third-order valence-corrected chi connectivity index (χ3v) is 4.82. The molecule has 1 heterocycles. The Balaban J connectivity index is 2.02. The van der Waals surface area contributed by atoms with Crippen molar-refractivity contribution in [1.29, 1.82) is 0 Å². The van der Waals surface area contributed by atoms with Gasteiger partial charge in [-0.15, -0.1) is 11.8 Å². The maximum Gasteiger partial charge on any atom is 0.262 e. The Labute approximate surface area is 135 Å². The van der Waals surface area contributed by atoms with E-state index in [-0.39, 0.29) is 11.7 Å². The van der Waals surface area contributed by atoms with Crippen molar-refractivity contribution in [3.63, 3.8) is 0 Å². The van der Waals surface area contributed by atoms with E-state index in [1.807, 2.05) is 12.1 Å². The number of benzene rings is 2. The number of amides is 1. The van der Waals surface area contributed by atoms with Crippen molar-refractivity contribution < 1.29 is 9.90 Å². The molecule has 0 atom stereocenters. The summed E-state index contributed by atoms with van der Waals surface area (Å²) in [5, 5.41) is 9.99. The molecule has 2 aromatic rings. The number of anilines is 2. The predicted octanol–water partition coefficient (Wildman–Crippen LogP) is 3.49. The molecule has 3 N–H and O–H groups in total. The van der Waals surface area contributed by atoms with Gasteiger partial charge in [-0.2, -0.15) is 0 Å². The van der Waals surface area contributed by atoms with Crippen molar-refractivity contribution in [2.45, 2.75) is 4.90 Å². The number of phenolic OH excluding ortho intramolecular Hbond substituents is 1. The third kappa shape index (κ3) is 2.73. The second-order valence-corrected chi connectivity index (χ2v) is 6.75. The van der Waals surface area contributed by atoms with Gasteiger partial charge in [0.15, 0.2) is 0 Å². The first-order chi connectivity index (χ1) is 10.1. The summed E-state index contributed by atoms with van der Waals surface area (Å²) in [4.78, 5) is 15.4. The van der Waals surface area contributed by atoms with E-state index in [0.717, 1.165) is 20.8 Å². The van der Waals surface area contributed by atoms with E-state index in [4.69, 9.17) is 5.73 Å². The van der Waals surface area contributed by atoms with Crippen LogP contribution in [-0.2, 0) is 0 Å².